The molecule has 1 aliphatic carbocycles. The molecule has 0 aliphatic heterocycles. The van der Waals surface area contributed by atoms with Crippen LogP contribution in [0.2, 0.25) is 0 Å². The zero-order valence-corrected chi connectivity index (χ0v) is 9.36. The zero-order chi connectivity index (χ0) is 9.97. The lowest BCUT2D eigenvalue weighted by molar-refractivity contribution is 0.992. The second-order valence-electron chi connectivity index (χ2n) is 3.18. The smallest absolute Gasteiger partial charge is 0.206 e. The van der Waals surface area contributed by atoms with E-state index in [1.165, 1.54) is 35.9 Å². The minimum Gasteiger partial charge on any atom is -0.357 e. The molecule has 2 rings (SSSR count). The summed E-state index contributed by atoms with van der Waals surface area (Å²) < 4.78 is 0.863. The highest BCUT2D eigenvalue weighted by Gasteiger charge is 2.22. The van der Waals surface area contributed by atoms with Crippen molar-refractivity contribution in [3.63, 3.8) is 0 Å². The average Bonchev–Trinajstić information content (AvgIpc) is 2.87. The Morgan fingerprint density at radius 1 is 1.64 bits per heavy atom. The molecule has 1 heterocycles. The van der Waals surface area contributed by atoms with Gasteiger partial charge in [-0.1, -0.05) is 23.1 Å². The van der Waals surface area contributed by atoms with Gasteiger partial charge in [-0.05, 0) is 19.8 Å². The van der Waals surface area contributed by atoms with Gasteiger partial charge in [0.25, 0.3) is 0 Å². The molecule has 4 nitrogen and oxygen atoms in total. The van der Waals surface area contributed by atoms with Crippen LogP contribution < -0.4 is 5.32 Å². The first-order valence-corrected chi connectivity index (χ1v) is 6.14. The number of hydrogen-bond donors (Lipinski definition) is 1. The Balaban J connectivity index is 1.92. The second kappa shape index (κ2) is 4.15. The maximum absolute atomic E-state index is 8.63. The van der Waals surface area contributed by atoms with Gasteiger partial charge < -0.3 is 5.32 Å². The van der Waals surface area contributed by atoms with Crippen LogP contribution >= 0.6 is 23.1 Å². The van der Waals surface area contributed by atoms with Crippen molar-refractivity contribution >= 4 is 28.2 Å². The van der Waals surface area contributed by atoms with Crippen LogP contribution in [0.4, 0.5) is 5.13 Å². The van der Waals surface area contributed by atoms with E-state index in [1.54, 1.807) is 0 Å². The molecule has 1 aromatic rings. The fourth-order valence-electron chi connectivity index (χ4n) is 0.896. The first-order valence-electron chi connectivity index (χ1n) is 4.44. The van der Waals surface area contributed by atoms with Crippen LogP contribution in [0.25, 0.3) is 0 Å². The Morgan fingerprint density at radius 3 is 3.07 bits per heavy atom. The van der Waals surface area contributed by atoms with Gasteiger partial charge in [0.05, 0.1) is 11.3 Å². The number of anilines is 1. The minimum atomic E-state index is -0.0586. The van der Waals surface area contributed by atoms with Crippen molar-refractivity contribution in [1.82, 2.24) is 10.2 Å². The molecule has 0 amide bonds. The van der Waals surface area contributed by atoms with Crippen molar-refractivity contribution in [1.29, 1.82) is 5.26 Å². The van der Waals surface area contributed by atoms with Crippen LogP contribution in [0.15, 0.2) is 4.34 Å². The summed E-state index contributed by atoms with van der Waals surface area (Å²) in [5.74, 6) is 0. The molecular formula is C8H10N4S2. The molecule has 0 aromatic carbocycles. The molecule has 1 atom stereocenters. The molecule has 0 spiro atoms. The summed E-state index contributed by atoms with van der Waals surface area (Å²) in [6.45, 7) is 1.86. The van der Waals surface area contributed by atoms with Gasteiger partial charge in [0.15, 0.2) is 4.34 Å². The van der Waals surface area contributed by atoms with Gasteiger partial charge in [0, 0.05) is 6.04 Å². The summed E-state index contributed by atoms with van der Waals surface area (Å²) in [5.41, 5.74) is 0. The van der Waals surface area contributed by atoms with Gasteiger partial charge in [-0.3, -0.25) is 0 Å². The van der Waals surface area contributed by atoms with E-state index in [9.17, 15) is 0 Å². The Labute approximate surface area is 90.7 Å². The maximum Gasteiger partial charge on any atom is 0.206 e. The van der Waals surface area contributed by atoms with Gasteiger partial charge >= 0.3 is 0 Å². The fourth-order valence-corrected chi connectivity index (χ4v) is 2.76. The lowest BCUT2D eigenvalue weighted by Crippen LogP contribution is -1.99. The second-order valence-corrected chi connectivity index (χ2v) is 5.75. The third kappa shape index (κ3) is 2.59. The molecule has 0 saturated heterocycles. The SMILES string of the molecule is C[C@H](C#N)Sc1nnc(NC2CC2)s1. The highest BCUT2D eigenvalue weighted by atomic mass is 32.2. The molecule has 0 bridgehead atoms. The first-order chi connectivity index (χ1) is 6.78. The van der Waals surface area contributed by atoms with Crippen molar-refractivity contribution in [3.05, 3.63) is 0 Å². The predicted molar refractivity (Wildman–Crippen MR) is 57.5 cm³/mol. The van der Waals surface area contributed by atoms with E-state index in [2.05, 4.69) is 21.6 Å². The zero-order valence-electron chi connectivity index (χ0n) is 7.73. The van der Waals surface area contributed by atoms with Crippen molar-refractivity contribution in [2.45, 2.75) is 35.4 Å². The van der Waals surface area contributed by atoms with Crippen LogP contribution in [0, 0.1) is 11.3 Å². The number of nitriles is 1. The molecule has 6 heteroatoms. The lowest BCUT2D eigenvalue weighted by Gasteiger charge is -1.95. The number of aromatic nitrogens is 2. The molecule has 1 aliphatic rings. The third-order valence-electron chi connectivity index (χ3n) is 1.77. The highest BCUT2D eigenvalue weighted by molar-refractivity contribution is 8.01. The van der Waals surface area contributed by atoms with E-state index < -0.39 is 0 Å². The molecule has 1 aromatic heterocycles. The van der Waals surface area contributed by atoms with E-state index in [1.807, 2.05) is 6.92 Å². The van der Waals surface area contributed by atoms with E-state index in [0.29, 0.717) is 6.04 Å². The number of thioether (sulfide) groups is 1. The van der Waals surface area contributed by atoms with E-state index in [-0.39, 0.29) is 5.25 Å². The van der Waals surface area contributed by atoms with Crippen molar-refractivity contribution in [2.24, 2.45) is 0 Å². The molecule has 14 heavy (non-hydrogen) atoms. The molecule has 74 valence electrons. The summed E-state index contributed by atoms with van der Waals surface area (Å²) in [4.78, 5) is 0. The highest BCUT2D eigenvalue weighted by Crippen LogP contribution is 2.31. The summed E-state index contributed by atoms with van der Waals surface area (Å²) >= 11 is 2.98. The number of nitrogens with one attached hydrogen (secondary N) is 1. The quantitative estimate of drug-likeness (QED) is 0.797. The number of rotatable bonds is 4. The Hall–Kier alpha value is -0.800. The topological polar surface area (TPSA) is 61.6 Å². The molecule has 1 N–H and O–H groups in total. The van der Waals surface area contributed by atoms with Crippen LogP contribution in [-0.2, 0) is 0 Å². The molecule has 0 radical (unpaired) electrons. The van der Waals surface area contributed by atoms with Gasteiger partial charge in [-0.2, -0.15) is 5.26 Å². The largest absolute Gasteiger partial charge is 0.357 e. The predicted octanol–water partition coefficient (Wildman–Crippen LogP) is 2.12. The van der Waals surface area contributed by atoms with Gasteiger partial charge in [-0.15, -0.1) is 10.2 Å². The normalized spacial score (nSPS) is 17.4. The summed E-state index contributed by atoms with van der Waals surface area (Å²) in [6, 6.07) is 2.76. The first kappa shape index (κ1) is 9.74. The number of nitrogens with zero attached hydrogens (tertiary/aromatic N) is 3. The van der Waals surface area contributed by atoms with Crippen molar-refractivity contribution < 1.29 is 0 Å². The van der Waals surface area contributed by atoms with E-state index in [0.717, 1.165) is 9.47 Å². The van der Waals surface area contributed by atoms with Crippen LogP contribution in [-0.4, -0.2) is 21.5 Å². The van der Waals surface area contributed by atoms with Gasteiger partial charge in [-0.25, -0.2) is 0 Å². The van der Waals surface area contributed by atoms with E-state index >= 15 is 0 Å². The molecule has 1 saturated carbocycles. The van der Waals surface area contributed by atoms with Crippen LogP contribution in [0.5, 0.6) is 0 Å². The van der Waals surface area contributed by atoms with Gasteiger partial charge in [0.1, 0.15) is 0 Å². The number of hydrogen-bond acceptors (Lipinski definition) is 6. The summed E-state index contributed by atoms with van der Waals surface area (Å²) in [6.07, 6.45) is 2.47. The van der Waals surface area contributed by atoms with Crippen LogP contribution in [0.3, 0.4) is 0 Å². The molecule has 1 fully saturated rings. The molecule has 0 unspecified atom stereocenters. The lowest BCUT2D eigenvalue weighted by atomic mass is 10.5. The van der Waals surface area contributed by atoms with Crippen molar-refractivity contribution in [3.8, 4) is 6.07 Å². The van der Waals surface area contributed by atoms with Crippen molar-refractivity contribution in [2.75, 3.05) is 5.32 Å². The van der Waals surface area contributed by atoms with Gasteiger partial charge in [0.2, 0.25) is 5.13 Å². The Kier molecular flexibility index (Phi) is 2.89. The average molecular weight is 226 g/mol. The van der Waals surface area contributed by atoms with E-state index in [4.69, 9.17) is 5.26 Å². The standard InChI is InChI=1S/C8H10N4S2/c1-5(4-9)13-8-12-11-7(14-8)10-6-2-3-6/h5-6H,2-3H2,1H3,(H,10,11)/t5-/m1/s1. The monoisotopic (exact) mass is 226 g/mol. The third-order valence-corrected chi connectivity index (χ3v) is 3.70. The Morgan fingerprint density at radius 2 is 2.43 bits per heavy atom. The summed E-state index contributed by atoms with van der Waals surface area (Å²) in [7, 11) is 0. The van der Waals surface area contributed by atoms with Crippen LogP contribution in [0.1, 0.15) is 19.8 Å². The minimum absolute atomic E-state index is 0.0586. The maximum atomic E-state index is 8.63. The summed E-state index contributed by atoms with van der Waals surface area (Å²) in [5, 5.41) is 20.7. The fraction of sp³-hybridized carbons (Fsp3) is 0.625. The molecular weight excluding hydrogens is 216 g/mol. The Bertz CT molecular complexity index is 352.